The Balaban J connectivity index is 2.93. The Morgan fingerprint density at radius 1 is 1.35 bits per heavy atom. The van der Waals surface area contributed by atoms with Crippen LogP contribution in [0.4, 0.5) is 0 Å². The Morgan fingerprint density at radius 2 is 1.94 bits per heavy atom. The molecule has 0 aromatic carbocycles. The van der Waals surface area contributed by atoms with Crippen LogP contribution in [0.3, 0.4) is 0 Å². The third-order valence-corrected chi connectivity index (χ3v) is 5.04. The molecule has 0 spiro atoms. The van der Waals surface area contributed by atoms with Gasteiger partial charge in [0.25, 0.3) is 0 Å². The Kier molecular flexibility index (Phi) is 6.13. The van der Waals surface area contributed by atoms with E-state index in [1.165, 1.54) is 21.5 Å². The molecule has 1 rings (SSSR count). The normalized spacial score (nSPS) is 15.5. The lowest BCUT2D eigenvalue weighted by Gasteiger charge is -2.36. The fraction of sp³-hybridized carbons (Fsp3) is 0.692. The van der Waals surface area contributed by atoms with Crippen LogP contribution in [-0.2, 0) is 0 Å². The van der Waals surface area contributed by atoms with Gasteiger partial charge in [0.15, 0.2) is 0 Å². The monoisotopic (exact) mass is 318 g/mol. The van der Waals surface area contributed by atoms with Crippen LogP contribution in [0.5, 0.6) is 0 Å². The average molecular weight is 319 g/mol. The van der Waals surface area contributed by atoms with Gasteiger partial charge in [-0.25, -0.2) is 0 Å². The standard InChI is InChI=1S/C13H23BrN2S/c1-5-10(6-2)16(4)13(9(3)15)11-7-8-12(14)17-11/h7-10,13H,5-6,15H2,1-4H3. The summed E-state index contributed by atoms with van der Waals surface area (Å²) in [6, 6.07) is 5.35. The maximum atomic E-state index is 6.18. The van der Waals surface area contributed by atoms with E-state index in [0.29, 0.717) is 12.1 Å². The molecule has 17 heavy (non-hydrogen) atoms. The summed E-state index contributed by atoms with van der Waals surface area (Å²) >= 11 is 5.31. The molecule has 0 saturated heterocycles. The van der Waals surface area contributed by atoms with Crippen molar-refractivity contribution in [1.29, 1.82) is 0 Å². The van der Waals surface area contributed by atoms with E-state index in [9.17, 15) is 0 Å². The van der Waals surface area contributed by atoms with Crippen molar-refractivity contribution < 1.29 is 0 Å². The van der Waals surface area contributed by atoms with Gasteiger partial charge in [0, 0.05) is 17.0 Å². The smallest absolute Gasteiger partial charge is 0.0702 e. The lowest BCUT2D eigenvalue weighted by molar-refractivity contribution is 0.149. The maximum absolute atomic E-state index is 6.18. The molecule has 0 fully saturated rings. The third-order valence-electron chi connectivity index (χ3n) is 3.34. The minimum absolute atomic E-state index is 0.145. The predicted octanol–water partition coefficient (Wildman–Crippen LogP) is 4.02. The molecule has 0 aliphatic heterocycles. The van der Waals surface area contributed by atoms with Gasteiger partial charge >= 0.3 is 0 Å². The van der Waals surface area contributed by atoms with Gasteiger partial charge in [0.2, 0.25) is 0 Å². The van der Waals surface area contributed by atoms with Gasteiger partial charge in [-0.1, -0.05) is 13.8 Å². The third kappa shape index (κ3) is 3.78. The van der Waals surface area contributed by atoms with Crippen LogP contribution >= 0.6 is 27.3 Å². The predicted molar refractivity (Wildman–Crippen MR) is 80.5 cm³/mol. The van der Waals surface area contributed by atoms with Crippen LogP contribution in [0, 0.1) is 0 Å². The van der Waals surface area contributed by atoms with E-state index in [-0.39, 0.29) is 6.04 Å². The molecule has 0 amide bonds. The van der Waals surface area contributed by atoms with Gasteiger partial charge < -0.3 is 5.73 Å². The first-order valence-electron chi connectivity index (χ1n) is 6.23. The van der Waals surface area contributed by atoms with Gasteiger partial charge in [-0.3, -0.25) is 4.90 Å². The number of thiophene rings is 1. The number of nitrogens with zero attached hydrogens (tertiary/aromatic N) is 1. The molecule has 1 aromatic heterocycles. The Morgan fingerprint density at radius 3 is 2.29 bits per heavy atom. The van der Waals surface area contributed by atoms with E-state index in [4.69, 9.17) is 5.73 Å². The Hall–Kier alpha value is 0.1000. The quantitative estimate of drug-likeness (QED) is 0.858. The molecule has 4 heteroatoms. The highest BCUT2D eigenvalue weighted by atomic mass is 79.9. The first-order chi connectivity index (χ1) is 8.01. The number of halogens is 1. The Labute approximate surface area is 117 Å². The van der Waals surface area contributed by atoms with Crippen molar-refractivity contribution in [2.45, 2.75) is 51.7 Å². The van der Waals surface area contributed by atoms with E-state index >= 15 is 0 Å². The molecule has 1 heterocycles. The number of rotatable bonds is 6. The van der Waals surface area contributed by atoms with E-state index in [0.717, 1.165) is 0 Å². The SMILES string of the molecule is CCC(CC)N(C)C(c1ccc(Br)s1)C(C)N. The number of nitrogens with two attached hydrogens (primary N) is 1. The van der Waals surface area contributed by atoms with Crippen molar-refractivity contribution in [2.24, 2.45) is 5.73 Å². The van der Waals surface area contributed by atoms with Crippen molar-refractivity contribution in [3.8, 4) is 0 Å². The average Bonchev–Trinajstić information content (AvgIpc) is 2.66. The molecule has 2 nitrogen and oxygen atoms in total. The zero-order valence-electron chi connectivity index (χ0n) is 11.1. The summed E-state index contributed by atoms with van der Waals surface area (Å²) in [4.78, 5) is 3.78. The van der Waals surface area contributed by atoms with E-state index < -0.39 is 0 Å². The summed E-state index contributed by atoms with van der Waals surface area (Å²) in [5, 5.41) is 0. The lowest BCUT2D eigenvalue weighted by Crippen LogP contribution is -2.42. The van der Waals surface area contributed by atoms with Gasteiger partial charge in [0.05, 0.1) is 9.83 Å². The summed E-state index contributed by atoms with van der Waals surface area (Å²) in [5.74, 6) is 0. The second-order valence-electron chi connectivity index (χ2n) is 4.58. The molecule has 98 valence electrons. The molecular weight excluding hydrogens is 296 g/mol. The summed E-state index contributed by atoms with van der Waals surface area (Å²) in [6.45, 7) is 6.58. The van der Waals surface area contributed by atoms with E-state index in [1.54, 1.807) is 11.3 Å². The molecule has 0 bridgehead atoms. The van der Waals surface area contributed by atoms with Crippen LogP contribution in [0.15, 0.2) is 15.9 Å². The fourth-order valence-electron chi connectivity index (χ4n) is 2.41. The van der Waals surface area contributed by atoms with E-state index in [1.807, 2.05) is 0 Å². The number of hydrogen-bond acceptors (Lipinski definition) is 3. The number of hydrogen-bond donors (Lipinski definition) is 1. The molecule has 2 N–H and O–H groups in total. The first kappa shape index (κ1) is 15.2. The molecule has 2 atom stereocenters. The van der Waals surface area contributed by atoms with Crippen LogP contribution in [-0.4, -0.2) is 24.0 Å². The zero-order chi connectivity index (χ0) is 13.0. The van der Waals surface area contributed by atoms with Gasteiger partial charge in [-0.2, -0.15) is 0 Å². The highest BCUT2D eigenvalue weighted by Gasteiger charge is 2.26. The van der Waals surface area contributed by atoms with Gasteiger partial charge in [-0.15, -0.1) is 11.3 Å². The fourth-order valence-corrected chi connectivity index (χ4v) is 4.10. The van der Waals surface area contributed by atoms with Gasteiger partial charge in [-0.05, 0) is 54.9 Å². The van der Waals surface area contributed by atoms with Crippen molar-refractivity contribution in [1.82, 2.24) is 4.90 Å². The highest BCUT2D eigenvalue weighted by Crippen LogP contribution is 2.33. The molecule has 2 unspecified atom stereocenters. The molecule has 0 aliphatic rings. The highest BCUT2D eigenvalue weighted by molar-refractivity contribution is 9.11. The second kappa shape index (κ2) is 6.88. The minimum Gasteiger partial charge on any atom is -0.326 e. The second-order valence-corrected chi connectivity index (χ2v) is 7.08. The van der Waals surface area contributed by atoms with Crippen molar-refractivity contribution >= 4 is 27.3 Å². The first-order valence-corrected chi connectivity index (χ1v) is 7.84. The summed E-state index contributed by atoms with van der Waals surface area (Å²) in [7, 11) is 2.19. The minimum atomic E-state index is 0.145. The van der Waals surface area contributed by atoms with Crippen molar-refractivity contribution in [3.63, 3.8) is 0 Å². The number of likely N-dealkylation sites (N-methyl/N-ethyl adjacent to an activating group) is 1. The topological polar surface area (TPSA) is 29.3 Å². The molecule has 0 aliphatic carbocycles. The van der Waals surface area contributed by atoms with Crippen molar-refractivity contribution in [3.05, 3.63) is 20.8 Å². The summed E-state index contributed by atoms with van der Waals surface area (Å²) < 4.78 is 1.18. The maximum Gasteiger partial charge on any atom is 0.0702 e. The van der Waals surface area contributed by atoms with Gasteiger partial charge in [0.1, 0.15) is 0 Å². The van der Waals surface area contributed by atoms with Crippen LogP contribution in [0.2, 0.25) is 0 Å². The Bertz CT molecular complexity index is 334. The summed E-state index contributed by atoms with van der Waals surface area (Å²) in [6.07, 6.45) is 2.34. The van der Waals surface area contributed by atoms with Crippen molar-refractivity contribution in [2.75, 3.05) is 7.05 Å². The van der Waals surface area contributed by atoms with E-state index in [2.05, 4.69) is 60.8 Å². The van der Waals surface area contributed by atoms with Crippen LogP contribution in [0.1, 0.15) is 44.5 Å². The molecule has 0 radical (unpaired) electrons. The molecule has 0 saturated carbocycles. The molecule has 1 aromatic rings. The lowest BCUT2D eigenvalue weighted by atomic mass is 10.0. The zero-order valence-corrected chi connectivity index (χ0v) is 13.5. The van der Waals surface area contributed by atoms with Crippen LogP contribution in [0.25, 0.3) is 0 Å². The summed E-state index contributed by atoms with van der Waals surface area (Å²) in [5.41, 5.74) is 6.18. The van der Waals surface area contributed by atoms with Crippen LogP contribution < -0.4 is 5.73 Å². The molecular formula is C13H23BrN2S. The largest absolute Gasteiger partial charge is 0.326 e.